The van der Waals surface area contributed by atoms with Crippen LogP contribution in [0.2, 0.25) is 0 Å². The summed E-state index contributed by atoms with van der Waals surface area (Å²) in [5, 5.41) is 9.76. The van der Waals surface area contributed by atoms with Crippen molar-refractivity contribution in [1.29, 1.82) is 0 Å². The molecule has 0 aliphatic heterocycles. The van der Waals surface area contributed by atoms with Crippen LogP contribution in [-0.4, -0.2) is 15.6 Å². The molecule has 0 saturated carbocycles. The normalized spacial score (nSPS) is 11.4. The number of carboxylic acids is 1. The first-order chi connectivity index (χ1) is 8.22. The Hall–Kier alpha value is -2.03. The zero-order valence-corrected chi connectivity index (χ0v) is 9.76. The van der Waals surface area contributed by atoms with Gasteiger partial charge in [-0.1, -0.05) is 25.1 Å². The second-order valence-corrected chi connectivity index (χ2v) is 3.97. The minimum Gasteiger partial charge on any atom is -0.478 e. The van der Waals surface area contributed by atoms with Gasteiger partial charge in [0.1, 0.15) is 0 Å². The van der Waals surface area contributed by atoms with Gasteiger partial charge in [0.25, 0.3) is 0 Å². The molecule has 0 saturated heterocycles. The van der Waals surface area contributed by atoms with Gasteiger partial charge in [0, 0.05) is 35.3 Å². The monoisotopic (exact) mass is 229 g/mol. The highest BCUT2D eigenvalue weighted by Gasteiger charge is 2.05. The average Bonchev–Trinajstić information content (AvgIpc) is 2.66. The summed E-state index contributed by atoms with van der Waals surface area (Å²) in [6.07, 6.45) is 5.89. The topological polar surface area (TPSA) is 42.2 Å². The quantitative estimate of drug-likeness (QED) is 0.818. The van der Waals surface area contributed by atoms with Gasteiger partial charge in [0.15, 0.2) is 0 Å². The van der Waals surface area contributed by atoms with Crippen LogP contribution in [0.5, 0.6) is 0 Å². The number of carboxylic acid groups (broad SMARTS) is 1. The van der Waals surface area contributed by atoms with E-state index in [1.165, 1.54) is 6.08 Å². The van der Waals surface area contributed by atoms with Gasteiger partial charge in [-0.05, 0) is 18.6 Å². The maximum Gasteiger partial charge on any atom is 0.328 e. The van der Waals surface area contributed by atoms with Gasteiger partial charge in [-0.25, -0.2) is 4.79 Å². The molecule has 3 nitrogen and oxygen atoms in total. The Morgan fingerprint density at radius 2 is 2.18 bits per heavy atom. The Kier molecular flexibility index (Phi) is 3.28. The molecule has 1 aromatic carbocycles. The summed E-state index contributed by atoms with van der Waals surface area (Å²) < 4.78 is 2.16. The third kappa shape index (κ3) is 2.38. The number of carbonyl (C=O) groups is 1. The maximum absolute atomic E-state index is 10.5. The summed E-state index contributed by atoms with van der Waals surface area (Å²) in [4.78, 5) is 10.5. The van der Waals surface area contributed by atoms with Crippen LogP contribution in [0.15, 0.2) is 36.5 Å². The molecule has 1 aromatic heterocycles. The van der Waals surface area contributed by atoms with Crippen LogP contribution in [0.3, 0.4) is 0 Å². The standard InChI is InChI=1S/C14H15NO2/c1-2-9-15-10-11(7-8-14(16)17)12-5-3-4-6-13(12)15/h3-8,10H,2,9H2,1H3,(H,16,17)/b8-7+. The highest BCUT2D eigenvalue weighted by molar-refractivity contribution is 5.93. The van der Waals surface area contributed by atoms with E-state index in [-0.39, 0.29) is 0 Å². The number of hydrogen-bond donors (Lipinski definition) is 1. The number of hydrogen-bond acceptors (Lipinski definition) is 1. The molecule has 17 heavy (non-hydrogen) atoms. The van der Waals surface area contributed by atoms with Crippen molar-refractivity contribution in [3.63, 3.8) is 0 Å². The van der Waals surface area contributed by atoms with Crippen LogP contribution in [0.25, 0.3) is 17.0 Å². The van der Waals surface area contributed by atoms with Crippen molar-refractivity contribution in [1.82, 2.24) is 4.57 Å². The minimum atomic E-state index is -0.919. The molecule has 0 radical (unpaired) electrons. The fraction of sp³-hybridized carbons (Fsp3) is 0.214. The van der Waals surface area contributed by atoms with Gasteiger partial charge >= 0.3 is 5.97 Å². The summed E-state index contributed by atoms with van der Waals surface area (Å²) in [7, 11) is 0. The van der Waals surface area contributed by atoms with Crippen LogP contribution in [0, 0.1) is 0 Å². The Bertz CT molecular complexity index is 567. The van der Waals surface area contributed by atoms with Crippen molar-refractivity contribution < 1.29 is 9.90 Å². The molecule has 2 aromatic rings. The molecule has 0 amide bonds. The van der Waals surface area contributed by atoms with Crippen molar-refractivity contribution in [2.45, 2.75) is 19.9 Å². The molecule has 0 aliphatic rings. The van der Waals surface area contributed by atoms with E-state index in [4.69, 9.17) is 5.11 Å². The van der Waals surface area contributed by atoms with Gasteiger partial charge in [-0.3, -0.25) is 0 Å². The van der Waals surface area contributed by atoms with Gasteiger partial charge in [-0.15, -0.1) is 0 Å². The second-order valence-electron chi connectivity index (χ2n) is 3.97. The summed E-state index contributed by atoms with van der Waals surface area (Å²) in [5.41, 5.74) is 2.11. The number of rotatable bonds is 4. The number of aliphatic carboxylic acids is 1. The van der Waals surface area contributed by atoms with E-state index in [2.05, 4.69) is 17.6 Å². The summed E-state index contributed by atoms with van der Waals surface area (Å²) in [6, 6.07) is 8.04. The molecular formula is C14H15NO2. The third-order valence-corrected chi connectivity index (χ3v) is 2.69. The van der Waals surface area contributed by atoms with E-state index < -0.39 is 5.97 Å². The van der Waals surface area contributed by atoms with Crippen molar-refractivity contribution in [2.24, 2.45) is 0 Å². The third-order valence-electron chi connectivity index (χ3n) is 2.69. The number of benzene rings is 1. The smallest absolute Gasteiger partial charge is 0.328 e. The van der Waals surface area contributed by atoms with Crippen LogP contribution in [0.1, 0.15) is 18.9 Å². The average molecular weight is 229 g/mol. The predicted octanol–water partition coefficient (Wildman–Crippen LogP) is 3.15. The SMILES string of the molecule is CCCn1cc(/C=C/C(=O)O)c2ccccc21. The summed E-state index contributed by atoms with van der Waals surface area (Å²) in [6.45, 7) is 3.07. The predicted molar refractivity (Wildman–Crippen MR) is 68.9 cm³/mol. The van der Waals surface area contributed by atoms with Crippen LogP contribution >= 0.6 is 0 Å². The van der Waals surface area contributed by atoms with Gasteiger partial charge in [0.2, 0.25) is 0 Å². The molecule has 0 atom stereocenters. The van der Waals surface area contributed by atoms with Crippen molar-refractivity contribution in [2.75, 3.05) is 0 Å². The molecule has 1 N–H and O–H groups in total. The van der Waals surface area contributed by atoms with Crippen molar-refractivity contribution in [3.05, 3.63) is 42.1 Å². The molecule has 3 heteroatoms. The van der Waals surface area contributed by atoms with E-state index >= 15 is 0 Å². The van der Waals surface area contributed by atoms with E-state index in [0.717, 1.165) is 29.4 Å². The Morgan fingerprint density at radius 3 is 2.88 bits per heavy atom. The van der Waals surface area contributed by atoms with E-state index in [1.807, 2.05) is 24.4 Å². The molecule has 0 aliphatic carbocycles. The minimum absolute atomic E-state index is 0.919. The zero-order valence-electron chi connectivity index (χ0n) is 9.76. The Labute approximate surface area is 100.0 Å². The van der Waals surface area contributed by atoms with Gasteiger partial charge in [-0.2, -0.15) is 0 Å². The number of fused-ring (bicyclic) bond motifs is 1. The number of nitrogens with zero attached hydrogens (tertiary/aromatic N) is 1. The first-order valence-corrected chi connectivity index (χ1v) is 5.71. The summed E-state index contributed by atoms with van der Waals surface area (Å²) in [5.74, 6) is -0.919. The summed E-state index contributed by atoms with van der Waals surface area (Å²) >= 11 is 0. The largest absolute Gasteiger partial charge is 0.478 e. The van der Waals surface area contributed by atoms with Crippen molar-refractivity contribution >= 4 is 22.9 Å². The Morgan fingerprint density at radius 1 is 1.41 bits per heavy atom. The molecule has 0 unspecified atom stereocenters. The van der Waals surface area contributed by atoms with Crippen LogP contribution in [0.4, 0.5) is 0 Å². The van der Waals surface area contributed by atoms with E-state index in [1.54, 1.807) is 6.08 Å². The lowest BCUT2D eigenvalue weighted by atomic mass is 10.1. The van der Waals surface area contributed by atoms with E-state index in [0.29, 0.717) is 0 Å². The molecule has 0 fully saturated rings. The molecule has 88 valence electrons. The lowest BCUT2D eigenvalue weighted by Gasteiger charge is -2.01. The van der Waals surface area contributed by atoms with E-state index in [9.17, 15) is 4.79 Å². The fourth-order valence-electron chi connectivity index (χ4n) is 1.99. The first-order valence-electron chi connectivity index (χ1n) is 5.71. The zero-order chi connectivity index (χ0) is 12.3. The van der Waals surface area contributed by atoms with Gasteiger partial charge < -0.3 is 9.67 Å². The lowest BCUT2D eigenvalue weighted by Crippen LogP contribution is -1.93. The van der Waals surface area contributed by atoms with Crippen LogP contribution in [-0.2, 0) is 11.3 Å². The first kappa shape index (κ1) is 11.5. The fourth-order valence-corrected chi connectivity index (χ4v) is 1.99. The molecule has 0 spiro atoms. The second kappa shape index (κ2) is 4.87. The number of aryl methyl sites for hydroxylation is 1. The van der Waals surface area contributed by atoms with Crippen LogP contribution < -0.4 is 0 Å². The molecule has 1 heterocycles. The number of aromatic nitrogens is 1. The molecule has 0 bridgehead atoms. The molecular weight excluding hydrogens is 214 g/mol. The Balaban J connectivity index is 2.52. The van der Waals surface area contributed by atoms with Gasteiger partial charge in [0.05, 0.1) is 0 Å². The van der Waals surface area contributed by atoms with Crippen molar-refractivity contribution in [3.8, 4) is 0 Å². The highest BCUT2D eigenvalue weighted by atomic mass is 16.4. The lowest BCUT2D eigenvalue weighted by molar-refractivity contribution is -0.131. The highest BCUT2D eigenvalue weighted by Crippen LogP contribution is 2.22. The number of para-hydroxylation sites is 1. The molecule has 2 rings (SSSR count). The maximum atomic E-state index is 10.5.